The maximum Gasteiger partial charge on any atom is 0.0594 e. The summed E-state index contributed by atoms with van der Waals surface area (Å²) in [6.45, 7) is 9.43. The molecular weight excluding hydrogens is 198 g/mol. The zero-order valence-corrected chi connectivity index (χ0v) is 10.3. The molecule has 88 valence electrons. The molecule has 1 aliphatic heterocycles. The first-order valence-electron chi connectivity index (χ1n) is 6.14. The van der Waals surface area contributed by atoms with Gasteiger partial charge in [-0.3, -0.25) is 4.90 Å². The maximum absolute atomic E-state index is 5.36. The molecule has 2 nitrogen and oxygen atoms in total. The van der Waals surface area contributed by atoms with Crippen molar-refractivity contribution in [1.29, 1.82) is 0 Å². The summed E-state index contributed by atoms with van der Waals surface area (Å²) in [7, 11) is 0. The first kappa shape index (κ1) is 11.6. The molecule has 0 amide bonds. The summed E-state index contributed by atoms with van der Waals surface area (Å²) in [5, 5.41) is 0. The summed E-state index contributed by atoms with van der Waals surface area (Å²) < 4.78 is 5.36. The van der Waals surface area contributed by atoms with Crippen LogP contribution in [0.1, 0.15) is 30.9 Å². The molecule has 0 aromatic heterocycles. The minimum Gasteiger partial charge on any atom is -0.379 e. The van der Waals surface area contributed by atoms with Gasteiger partial charge in [0, 0.05) is 19.6 Å². The Labute approximate surface area is 98.2 Å². The van der Waals surface area contributed by atoms with Gasteiger partial charge >= 0.3 is 0 Å². The van der Waals surface area contributed by atoms with Crippen LogP contribution in [0.5, 0.6) is 0 Å². The fourth-order valence-electron chi connectivity index (χ4n) is 2.07. The Balaban J connectivity index is 2.00. The minimum absolute atomic E-state index is 0.615. The average Bonchev–Trinajstić information content (AvgIpc) is 2.30. The molecule has 0 bridgehead atoms. The van der Waals surface area contributed by atoms with Gasteiger partial charge in [-0.15, -0.1) is 0 Å². The van der Waals surface area contributed by atoms with E-state index >= 15 is 0 Å². The Morgan fingerprint density at radius 1 is 1.25 bits per heavy atom. The van der Waals surface area contributed by atoms with Crippen molar-refractivity contribution in [3.63, 3.8) is 0 Å². The highest BCUT2D eigenvalue weighted by atomic mass is 16.5. The van der Waals surface area contributed by atoms with Crippen molar-refractivity contribution in [2.45, 2.75) is 26.3 Å². The topological polar surface area (TPSA) is 12.5 Å². The van der Waals surface area contributed by atoms with Gasteiger partial charge in [-0.25, -0.2) is 0 Å². The van der Waals surface area contributed by atoms with Crippen LogP contribution >= 0.6 is 0 Å². The molecule has 0 unspecified atom stereocenters. The van der Waals surface area contributed by atoms with Crippen LogP contribution in [0.25, 0.3) is 0 Å². The minimum atomic E-state index is 0.615. The largest absolute Gasteiger partial charge is 0.379 e. The Kier molecular flexibility index (Phi) is 3.97. The van der Waals surface area contributed by atoms with Crippen LogP contribution in [0.2, 0.25) is 0 Å². The van der Waals surface area contributed by atoms with Crippen LogP contribution < -0.4 is 0 Å². The van der Waals surface area contributed by atoms with E-state index in [0.29, 0.717) is 5.92 Å². The van der Waals surface area contributed by atoms with Crippen LogP contribution in [0.15, 0.2) is 24.3 Å². The van der Waals surface area contributed by atoms with Gasteiger partial charge in [0.25, 0.3) is 0 Å². The molecule has 16 heavy (non-hydrogen) atoms. The van der Waals surface area contributed by atoms with Gasteiger partial charge in [0.1, 0.15) is 0 Å². The van der Waals surface area contributed by atoms with E-state index in [1.807, 2.05) is 0 Å². The normalized spacial score (nSPS) is 17.9. The second-order valence-corrected chi connectivity index (χ2v) is 4.79. The van der Waals surface area contributed by atoms with Crippen molar-refractivity contribution in [3.8, 4) is 0 Å². The zero-order valence-electron chi connectivity index (χ0n) is 10.3. The SMILES string of the molecule is CC(C)c1cccc(CN2CCOCC2)c1. The quantitative estimate of drug-likeness (QED) is 0.775. The molecule has 1 aliphatic rings. The van der Waals surface area contributed by atoms with Gasteiger partial charge < -0.3 is 4.74 Å². The van der Waals surface area contributed by atoms with Gasteiger partial charge in [0.05, 0.1) is 13.2 Å². The van der Waals surface area contributed by atoms with Crippen LogP contribution in [0.3, 0.4) is 0 Å². The van der Waals surface area contributed by atoms with Crippen LogP contribution in [-0.2, 0) is 11.3 Å². The molecule has 1 saturated heterocycles. The Bertz CT molecular complexity index is 329. The molecule has 0 atom stereocenters. The molecule has 2 rings (SSSR count). The van der Waals surface area contributed by atoms with Gasteiger partial charge in [0.15, 0.2) is 0 Å². The summed E-state index contributed by atoms with van der Waals surface area (Å²) in [5.74, 6) is 0.615. The molecule has 1 heterocycles. The van der Waals surface area contributed by atoms with Gasteiger partial charge in [0.2, 0.25) is 0 Å². The fraction of sp³-hybridized carbons (Fsp3) is 0.571. The van der Waals surface area contributed by atoms with Crippen molar-refractivity contribution >= 4 is 0 Å². The lowest BCUT2D eigenvalue weighted by atomic mass is 10.0. The number of rotatable bonds is 3. The van der Waals surface area contributed by atoms with E-state index in [0.717, 1.165) is 32.8 Å². The number of morpholine rings is 1. The molecule has 1 aromatic rings. The van der Waals surface area contributed by atoms with Gasteiger partial charge in [-0.2, -0.15) is 0 Å². The maximum atomic E-state index is 5.36. The smallest absolute Gasteiger partial charge is 0.0594 e. The first-order valence-corrected chi connectivity index (χ1v) is 6.14. The number of hydrogen-bond acceptors (Lipinski definition) is 2. The third kappa shape index (κ3) is 3.06. The predicted molar refractivity (Wildman–Crippen MR) is 66.6 cm³/mol. The number of hydrogen-bond donors (Lipinski definition) is 0. The highest BCUT2D eigenvalue weighted by molar-refractivity contribution is 5.25. The molecule has 1 fully saturated rings. The fourth-order valence-corrected chi connectivity index (χ4v) is 2.07. The van der Waals surface area contributed by atoms with Crippen molar-refractivity contribution in [2.24, 2.45) is 0 Å². The molecule has 0 N–H and O–H groups in total. The number of benzene rings is 1. The van der Waals surface area contributed by atoms with Crippen molar-refractivity contribution in [3.05, 3.63) is 35.4 Å². The van der Waals surface area contributed by atoms with E-state index in [9.17, 15) is 0 Å². The molecule has 0 spiro atoms. The Morgan fingerprint density at radius 2 is 2.00 bits per heavy atom. The van der Waals surface area contributed by atoms with E-state index in [4.69, 9.17) is 4.74 Å². The van der Waals surface area contributed by atoms with Gasteiger partial charge in [-0.1, -0.05) is 38.1 Å². The molecule has 2 heteroatoms. The van der Waals surface area contributed by atoms with E-state index in [2.05, 4.69) is 43.0 Å². The third-order valence-electron chi connectivity index (χ3n) is 3.13. The van der Waals surface area contributed by atoms with E-state index in [-0.39, 0.29) is 0 Å². The van der Waals surface area contributed by atoms with Crippen molar-refractivity contribution < 1.29 is 4.74 Å². The second kappa shape index (κ2) is 5.46. The molecule has 0 aliphatic carbocycles. The lowest BCUT2D eigenvalue weighted by Crippen LogP contribution is -2.35. The lowest BCUT2D eigenvalue weighted by Gasteiger charge is -2.26. The number of ether oxygens (including phenoxy) is 1. The standard InChI is InChI=1S/C14H21NO/c1-12(2)14-5-3-4-13(10-14)11-15-6-8-16-9-7-15/h3-5,10,12H,6-9,11H2,1-2H3. The first-order chi connectivity index (χ1) is 7.75. The van der Waals surface area contributed by atoms with Crippen molar-refractivity contribution in [2.75, 3.05) is 26.3 Å². The summed E-state index contributed by atoms with van der Waals surface area (Å²) in [6.07, 6.45) is 0. The average molecular weight is 219 g/mol. The molecule has 0 saturated carbocycles. The lowest BCUT2D eigenvalue weighted by molar-refractivity contribution is 0.0342. The Hall–Kier alpha value is -0.860. The zero-order chi connectivity index (χ0) is 11.4. The molecule has 0 radical (unpaired) electrons. The molecular formula is C14H21NO. The highest BCUT2D eigenvalue weighted by Gasteiger charge is 2.10. The van der Waals surface area contributed by atoms with Crippen LogP contribution in [0.4, 0.5) is 0 Å². The summed E-state index contributed by atoms with van der Waals surface area (Å²) in [4.78, 5) is 2.46. The van der Waals surface area contributed by atoms with Crippen molar-refractivity contribution in [1.82, 2.24) is 4.90 Å². The highest BCUT2D eigenvalue weighted by Crippen LogP contribution is 2.16. The summed E-state index contributed by atoms with van der Waals surface area (Å²) in [5.41, 5.74) is 2.86. The van der Waals surface area contributed by atoms with Gasteiger partial charge in [-0.05, 0) is 17.0 Å². The number of nitrogens with zero attached hydrogens (tertiary/aromatic N) is 1. The third-order valence-corrected chi connectivity index (χ3v) is 3.13. The summed E-state index contributed by atoms with van der Waals surface area (Å²) >= 11 is 0. The van der Waals surface area contributed by atoms with E-state index in [1.165, 1.54) is 11.1 Å². The summed E-state index contributed by atoms with van der Waals surface area (Å²) in [6, 6.07) is 8.94. The second-order valence-electron chi connectivity index (χ2n) is 4.79. The Morgan fingerprint density at radius 3 is 2.69 bits per heavy atom. The predicted octanol–water partition coefficient (Wildman–Crippen LogP) is 2.64. The van der Waals surface area contributed by atoms with Crippen LogP contribution in [0, 0.1) is 0 Å². The van der Waals surface area contributed by atoms with Crippen LogP contribution in [-0.4, -0.2) is 31.2 Å². The molecule has 1 aromatic carbocycles. The van der Waals surface area contributed by atoms with E-state index < -0.39 is 0 Å². The monoisotopic (exact) mass is 219 g/mol. The van der Waals surface area contributed by atoms with E-state index in [1.54, 1.807) is 0 Å².